The van der Waals surface area contributed by atoms with Crippen LogP contribution in [0, 0.1) is 16.0 Å². The molecule has 16 heteroatoms. The van der Waals surface area contributed by atoms with E-state index in [1.54, 1.807) is 37.3 Å². The summed E-state index contributed by atoms with van der Waals surface area (Å²) in [6.07, 6.45) is -15.1. The molecule has 10 nitrogen and oxygen atoms in total. The molecular formula is C32H41F6N5O5. The van der Waals surface area contributed by atoms with Gasteiger partial charge in [-0.1, -0.05) is 79.9 Å². The highest BCUT2D eigenvalue weighted by molar-refractivity contribution is 5.15. The second kappa shape index (κ2) is 14.9. The molecule has 8 atom stereocenters. The number of ether oxygens (including phenoxy) is 3. The third-order valence-corrected chi connectivity index (χ3v) is 9.40. The van der Waals surface area contributed by atoms with E-state index >= 15 is 13.2 Å². The summed E-state index contributed by atoms with van der Waals surface area (Å²) in [5.41, 5.74) is 2.42. The van der Waals surface area contributed by atoms with Crippen molar-refractivity contribution < 1.29 is 45.5 Å². The van der Waals surface area contributed by atoms with Crippen LogP contribution in [0.1, 0.15) is 56.6 Å². The van der Waals surface area contributed by atoms with Gasteiger partial charge in [-0.25, -0.2) is 10.9 Å². The van der Waals surface area contributed by atoms with E-state index in [-0.39, 0.29) is 26.1 Å². The summed E-state index contributed by atoms with van der Waals surface area (Å²) in [7, 11) is 0. The second-order valence-corrected chi connectivity index (χ2v) is 13.0. The number of nitro groups is 1. The van der Waals surface area contributed by atoms with Gasteiger partial charge in [0.15, 0.2) is 6.23 Å². The van der Waals surface area contributed by atoms with Crippen LogP contribution in [0.2, 0.25) is 0 Å². The first kappa shape index (κ1) is 36.4. The first-order valence-corrected chi connectivity index (χ1v) is 16.0. The van der Waals surface area contributed by atoms with Crippen LogP contribution >= 0.6 is 0 Å². The van der Waals surface area contributed by atoms with Gasteiger partial charge < -0.3 is 14.2 Å². The summed E-state index contributed by atoms with van der Waals surface area (Å²) in [6.45, 7) is 1.45. The van der Waals surface area contributed by atoms with E-state index in [0.717, 1.165) is 5.56 Å². The Balaban J connectivity index is 1.47. The number of hydrogen-bond donors (Lipinski definition) is 4. The zero-order chi connectivity index (χ0) is 34.6. The zero-order valence-corrected chi connectivity index (χ0v) is 26.4. The molecule has 7 unspecified atom stereocenters. The van der Waals surface area contributed by atoms with Crippen LogP contribution in [0.4, 0.5) is 26.3 Å². The Morgan fingerprint density at radius 3 is 2.15 bits per heavy atom. The number of piperidine rings is 1. The summed E-state index contributed by atoms with van der Waals surface area (Å²) in [6, 6.07) is 14.2. The van der Waals surface area contributed by atoms with Crippen LogP contribution in [-0.2, 0) is 27.4 Å². The quantitative estimate of drug-likeness (QED) is 0.166. The van der Waals surface area contributed by atoms with Crippen molar-refractivity contribution in [1.29, 1.82) is 0 Å². The third kappa shape index (κ3) is 8.46. The number of nitrogens with zero attached hydrogens (tertiary/aromatic N) is 1. The van der Waals surface area contributed by atoms with E-state index in [2.05, 4.69) is 21.5 Å². The molecule has 3 saturated heterocycles. The number of fused-ring (bicyclic) bond motifs is 5. The number of rotatable bonds is 8. The maximum absolute atomic E-state index is 15.1. The number of hydrazine groups is 1. The summed E-state index contributed by atoms with van der Waals surface area (Å²) >= 11 is 0. The molecule has 3 heterocycles. The Hall–Kier alpha value is -2.86. The Kier molecular flexibility index (Phi) is 11.3. The number of halogens is 6. The number of hydrogen-bond acceptors (Lipinski definition) is 9. The van der Waals surface area contributed by atoms with Gasteiger partial charge in [0.05, 0.1) is 31.9 Å². The highest BCUT2D eigenvalue weighted by Gasteiger charge is 2.65. The Bertz CT molecular complexity index is 1340. The van der Waals surface area contributed by atoms with Gasteiger partial charge in [-0.05, 0) is 30.9 Å². The van der Waals surface area contributed by atoms with Gasteiger partial charge in [-0.15, -0.1) is 0 Å². The molecule has 266 valence electrons. The van der Waals surface area contributed by atoms with Crippen molar-refractivity contribution in [2.45, 2.75) is 113 Å². The van der Waals surface area contributed by atoms with Gasteiger partial charge in [0.2, 0.25) is 11.6 Å². The lowest BCUT2D eigenvalue weighted by Crippen LogP contribution is -2.71. The summed E-state index contributed by atoms with van der Waals surface area (Å²) < 4.78 is 106. The van der Waals surface area contributed by atoms with Crippen molar-refractivity contribution in [3.05, 3.63) is 81.9 Å². The Morgan fingerprint density at radius 2 is 1.54 bits per heavy atom. The average Bonchev–Trinajstić information content (AvgIpc) is 3.52. The fourth-order valence-electron chi connectivity index (χ4n) is 6.77. The minimum atomic E-state index is -4.96. The van der Waals surface area contributed by atoms with E-state index in [4.69, 9.17) is 14.2 Å². The summed E-state index contributed by atoms with van der Waals surface area (Å²) in [5.74, 6) is -2.18. The van der Waals surface area contributed by atoms with E-state index in [9.17, 15) is 23.3 Å². The number of alkyl halides is 6. The molecule has 0 aromatic heterocycles. The van der Waals surface area contributed by atoms with E-state index < -0.39 is 84.5 Å². The number of nitrogens with one attached hydrogen (secondary N) is 4. The minimum absolute atomic E-state index is 0.0253. The molecule has 3 aliphatic rings. The molecular weight excluding hydrogens is 648 g/mol. The minimum Gasteiger partial charge on any atom is -0.375 e. The van der Waals surface area contributed by atoms with Crippen LogP contribution < -0.4 is 21.5 Å². The van der Waals surface area contributed by atoms with Crippen molar-refractivity contribution in [2.24, 2.45) is 5.92 Å². The Labute approximate surface area is 274 Å². The predicted octanol–water partition coefficient (Wildman–Crippen LogP) is 5.32. The average molecular weight is 690 g/mol. The van der Waals surface area contributed by atoms with Gasteiger partial charge in [0, 0.05) is 16.9 Å². The molecule has 0 saturated carbocycles. The summed E-state index contributed by atoms with van der Waals surface area (Å²) in [5, 5.41) is 18.0. The molecule has 0 spiro atoms. The maximum Gasteiger partial charge on any atom is 0.421 e. The first-order chi connectivity index (χ1) is 22.7. The molecule has 2 aromatic rings. The highest BCUT2D eigenvalue weighted by Crippen LogP contribution is 2.44. The van der Waals surface area contributed by atoms with E-state index in [1.807, 2.05) is 30.3 Å². The smallest absolute Gasteiger partial charge is 0.375 e. The SMILES string of the molecule is CC1(COCc2ccccc2)CCCCC[C@](OCc2ccccc2)(C(F)(F)F)C2NNC(O2)C2NC(N1)C(C(F)(F)F)CC2[N+](=O)[O-]. The van der Waals surface area contributed by atoms with Gasteiger partial charge in [-0.3, -0.25) is 20.7 Å². The standard InChI is InChI=1S/C32H41F6N5O5/c1-29(20-46-18-21-11-5-2-6-12-21)15-9-4-10-16-30(32(36,37)38,47-19-22-13-7-3-8-14-22)28-42-41-27(48-28)25-24(43(44)45)17-23(31(33,34)35)26(39-25)40-29/h2-3,5-8,11-14,23-28,39-42H,4,9-10,15-20H2,1H3/t23?,24?,25?,26?,27?,28?,29?,30-/m1/s1. The normalized spacial score (nSPS) is 33.6. The fourth-order valence-corrected chi connectivity index (χ4v) is 6.77. The van der Waals surface area contributed by atoms with Gasteiger partial charge in [0.25, 0.3) is 0 Å². The van der Waals surface area contributed by atoms with Gasteiger partial charge in [0.1, 0.15) is 12.3 Å². The summed E-state index contributed by atoms with van der Waals surface area (Å²) in [4.78, 5) is 11.3. The Morgan fingerprint density at radius 1 is 0.917 bits per heavy atom. The number of benzene rings is 2. The topological polar surface area (TPSA) is 119 Å². The van der Waals surface area contributed by atoms with Gasteiger partial charge >= 0.3 is 12.4 Å². The van der Waals surface area contributed by atoms with Crippen LogP contribution in [-0.4, -0.2) is 65.7 Å². The molecule has 0 radical (unpaired) electrons. The van der Waals surface area contributed by atoms with Crippen LogP contribution in [0.15, 0.2) is 60.7 Å². The molecule has 5 rings (SSSR count). The third-order valence-electron chi connectivity index (χ3n) is 9.40. The predicted molar refractivity (Wildman–Crippen MR) is 161 cm³/mol. The molecule has 4 N–H and O–H groups in total. The van der Waals surface area contributed by atoms with Crippen molar-refractivity contribution >= 4 is 0 Å². The highest BCUT2D eigenvalue weighted by atomic mass is 19.4. The lowest BCUT2D eigenvalue weighted by atomic mass is 9.84. The molecule has 0 amide bonds. The van der Waals surface area contributed by atoms with E-state index in [1.165, 1.54) is 0 Å². The molecule has 4 bridgehead atoms. The molecule has 3 aliphatic heterocycles. The lowest BCUT2D eigenvalue weighted by Gasteiger charge is -2.45. The fraction of sp³-hybridized carbons (Fsp3) is 0.625. The van der Waals surface area contributed by atoms with Gasteiger partial charge in [-0.2, -0.15) is 26.3 Å². The molecule has 0 aliphatic carbocycles. The van der Waals surface area contributed by atoms with Crippen molar-refractivity contribution in [3.8, 4) is 0 Å². The van der Waals surface area contributed by atoms with Crippen LogP contribution in [0.3, 0.4) is 0 Å². The monoisotopic (exact) mass is 689 g/mol. The van der Waals surface area contributed by atoms with Crippen molar-refractivity contribution in [1.82, 2.24) is 21.5 Å². The zero-order valence-electron chi connectivity index (χ0n) is 26.4. The maximum atomic E-state index is 15.1. The van der Waals surface area contributed by atoms with E-state index in [0.29, 0.717) is 18.4 Å². The second-order valence-electron chi connectivity index (χ2n) is 13.0. The van der Waals surface area contributed by atoms with Crippen molar-refractivity contribution in [3.63, 3.8) is 0 Å². The van der Waals surface area contributed by atoms with Crippen molar-refractivity contribution in [2.75, 3.05) is 6.61 Å². The van der Waals surface area contributed by atoms with Crippen LogP contribution in [0.25, 0.3) is 0 Å². The molecule has 3 fully saturated rings. The lowest BCUT2D eigenvalue weighted by molar-refractivity contribution is -0.537. The molecule has 2 aromatic carbocycles. The molecule has 48 heavy (non-hydrogen) atoms. The first-order valence-electron chi connectivity index (χ1n) is 16.0. The van der Waals surface area contributed by atoms with Crippen LogP contribution in [0.5, 0.6) is 0 Å². The largest absolute Gasteiger partial charge is 0.421 e.